The molecule has 7 heteroatoms. The van der Waals surface area contributed by atoms with E-state index in [4.69, 9.17) is 11.6 Å². The van der Waals surface area contributed by atoms with Crippen molar-refractivity contribution < 1.29 is 23.1 Å². The Morgan fingerprint density at radius 2 is 2.05 bits per heavy atom. The van der Waals surface area contributed by atoms with Gasteiger partial charge in [0.25, 0.3) is 5.91 Å². The maximum absolute atomic E-state index is 12.5. The van der Waals surface area contributed by atoms with Crippen LogP contribution < -0.4 is 0 Å². The van der Waals surface area contributed by atoms with Gasteiger partial charge in [-0.25, -0.2) is 0 Å². The van der Waals surface area contributed by atoms with Gasteiger partial charge in [-0.1, -0.05) is 17.7 Å². The zero-order valence-electron chi connectivity index (χ0n) is 10.2. The molecule has 3 nitrogen and oxygen atoms in total. The minimum Gasteiger partial charge on any atom is -0.508 e. The fraction of sp³-hybridized carbons (Fsp3) is 0.308. The summed E-state index contributed by atoms with van der Waals surface area (Å²) in [4.78, 5) is 13.4. The van der Waals surface area contributed by atoms with Gasteiger partial charge in [-0.15, -0.1) is 0 Å². The molecule has 1 aliphatic heterocycles. The molecule has 0 saturated heterocycles. The summed E-state index contributed by atoms with van der Waals surface area (Å²) in [5, 5.41) is 9.49. The zero-order chi connectivity index (χ0) is 14.9. The Labute approximate surface area is 118 Å². The third kappa shape index (κ3) is 3.07. The number of phenolic OH excluding ortho intramolecular Hbond substituents is 1. The van der Waals surface area contributed by atoms with Gasteiger partial charge in [0.2, 0.25) is 0 Å². The molecule has 20 heavy (non-hydrogen) atoms. The highest BCUT2D eigenvalue weighted by Gasteiger charge is 2.35. The smallest absolute Gasteiger partial charge is 0.412 e. The number of hydrogen-bond acceptors (Lipinski definition) is 2. The van der Waals surface area contributed by atoms with Crippen molar-refractivity contribution in [2.24, 2.45) is 0 Å². The first-order valence-electron chi connectivity index (χ1n) is 5.83. The monoisotopic (exact) mass is 305 g/mol. The molecule has 1 amide bonds. The van der Waals surface area contributed by atoms with Crippen molar-refractivity contribution in [3.63, 3.8) is 0 Å². The van der Waals surface area contributed by atoms with Gasteiger partial charge in [-0.3, -0.25) is 4.79 Å². The van der Waals surface area contributed by atoms with Crippen molar-refractivity contribution in [2.45, 2.75) is 12.6 Å². The Bertz CT molecular complexity index is 569. The fourth-order valence-electron chi connectivity index (χ4n) is 1.96. The number of halogens is 4. The van der Waals surface area contributed by atoms with Crippen molar-refractivity contribution in [3.8, 4) is 5.75 Å². The third-order valence-electron chi connectivity index (χ3n) is 3.04. The maximum atomic E-state index is 12.5. The second-order valence-electron chi connectivity index (χ2n) is 4.39. The first-order valence-corrected chi connectivity index (χ1v) is 6.21. The fourth-order valence-corrected chi connectivity index (χ4v) is 2.16. The number of amides is 1. The predicted molar refractivity (Wildman–Crippen MR) is 67.8 cm³/mol. The third-order valence-corrected chi connectivity index (χ3v) is 3.37. The lowest BCUT2D eigenvalue weighted by molar-refractivity contribution is -0.0957. The minimum absolute atomic E-state index is 0.0316. The van der Waals surface area contributed by atoms with E-state index in [1.165, 1.54) is 23.1 Å². The van der Waals surface area contributed by atoms with Gasteiger partial charge in [0.05, 0.1) is 10.6 Å². The predicted octanol–water partition coefficient (Wildman–Crippen LogP) is 3.38. The average molecular weight is 306 g/mol. The van der Waals surface area contributed by atoms with Gasteiger partial charge >= 0.3 is 6.18 Å². The molecular formula is C13H11ClF3NO2. The molecule has 108 valence electrons. The molecule has 1 aliphatic rings. The Hall–Kier alpha value is -1.69. The Morgan fingerprint density at radius 1 is 1.35 bits per heavy atom. The molecule has 0 saturated carbocycles. The minimum atomic E-state index is -4.35. The van der Waals surface area contributed by atoms with Crippen molar-refractivity contribution >= 4 is 17.5 Å². The van der Waals surface area contributed by atoms with Crippen molar-refractivity contribution in [3.05, 3.63) is 40.4 Å². The van der Waals surface area contributed by atoms with Crippen LogP contribution >= 0.6 is 11.6 Å². The maximum Gasteiger partial charge on any atom is 0.412 e. The van der Waals surface area contributed by atoms with Crippen molar-refractivity contribution in [2.75, 3.05) is 13.1 Å². The molecule has 0 bridgehead atoms. The molecule has 0 aliphatic carbocycles. The van der Waals surface area contributed by atoms with E-state index in [1.807, 2.05) is 0 Å². The summed E-state index contributed by atoms with van der Waals surface area (Å²) >= 11 is 5.86. The summed E-state index contributed by atoms with van der Waals surface area (Å²) in [6.45, 7) is -0.157. The van der Waals surface area contributed by atoms with E-state index in [-0.39, 0.29) is 35.8 Å². The highest BCUT2D eigenvalue weighted by Crippen LogP contribution is 2.31. The van der Waals surface area contributed by atoms with Crippen LogP contribution in [0.4, 0.5) is 13.2 Å². The molecule has 1 aromatic carbocycles. The summed E-state index contributed by atoms with van der Waals surface area (Å²) in [5.74, 6) is -0.621. The van der Waals surface area contributed by atoms with E-state index >= 15 is 0 Å². The number of aromatic hydroxyl groups is 1. The van der Waals surface area contributed by atoms with E-state index in [2.05, 4.69) is 0 Å². The normalized spacial score (nSPS) is 16.0. The number of nitrogens with zero attached hydrogens (tertiary/aromatic N) is 1. The van der Waals surface area contributed by atoms with Crippen molar-refractivity contribution in [1.29, 1.82) is 0 Å². The zero-order valence-corrected chi connectivity index (χ0v) is 11.0. The van der Waals surface area contributed by atoms with Gasteiger partial charge in [-0.05, 0) is 24.6 Å². The van der Waals surface area contributed by atoms with Crippen LogP contribution in [0.25, 0.3) is 0 Å². The number of hydrogen-bond donors (Lipinski definition) is 1. The largest absolute Gasteiger partial charge is 0.508 e. The molecule has 1 N–H and O–H groups in total. The number of rotatable bonds is 1. The molecule has 0 unspecified atom stereocenters. The summed E-state index contributed by atoms with van der Waals surface area (Å²) in [7, 11) is 0. The van der Waals surface area contributed by atoms with E-state index in [0.29, 0.717) is 0 Å². The number of carbonyl (C=O) groups excluding carboxylic acids is 1. The van der Waals surface area contributed by atoms with E-state index < -0.39 is 17.7 Å². The van der Waals surface area contributed by atoms with Crippen molar-refractivity contribution in [1.82, 2.24) is 4.90 Å². The standard InChI is InChI=1S/C13H11ClF3NO2/c14-11-2-1-9(19)7-10(11)12(20)18-5-3-8(4-6-18)13(15,16)17/h1-3,7,19H,4-6H2. The second-order valence-corrected chi connectivity index (χ2v) is 4.80. The average Bonchev–Trinajstić information content (AvgIpc) is 2.40. The highest BCUT2D eigenvalue weighted by molar-refractivity contribution is 6.33. The van der Waals surface area contributed by atoms with Gasteiger partial charge in [0.1, 0.15) is 5.75 Å². The first kappa shape index (κ1) is 14.7. The molecule has 1 heterocycles. The number of phenols is 1. The van der Waals surface area contributed by atoms with Crippen LogP contribution in [0, 0.1) is 0 Å². The second kappa shape index (κ2) is 5.36. The molecular weight excluding hydrogens is 295 g/mol. The first-order chi connectivity index (χ1) is 9.29. The van der Waals surface area contributed by atoms with Crippen LogP contribution in [0.15, 0.2) is 29.8 Å². The topological polar surface area (TPSA) is 40.5 Å². The van der Waals surface area contributed by atoms with E-state index in [9.17, 15) is 23.1 Å². The molecule has 1 aromatic rings. The van der Waals surface area contributed by atoms with Crippen LogP contribution in [-0.4, -0.2) is 35.2 Å². The lowest BCUT2D eigenvalue weighted by atomic mass is 10.1. The van der Waals surface area contributed by atoms with E-state index in [0.717, 1.165) is 6.08 Å². The van der Waals surface area contributed by atoms with Crippen LogP contribution in [0.3, 0.4) is 0 Å². The van der Waals surface area contributed by atoms with Crippen LogP contribution in [-0.2, 0) is 0 Å². The summed E-state index contributed by atoms with van der Waals surface area (Å²) in [6.07, 6.45) is -3.60. The Kier molecular flexibility index (Phi) is 3.94. The van der Waals surface area contributed by atoms with Gasteiger partial charge in [-0.2, -0.15) is 13.2 Å². The van der Waals surface area contributed by atoms with Gasteiger partial charge < -0.3 is 10.0 Å². The highest BCUT2D eigenvalue weighted by atomic mass is 35.5. The molecule has 0 aromatic heterocycles. The molecule has 0 atom stereocenters. The van der Waals surface area contributed by atoms with Crippen LogP contribution in [0.2, 0.25) is 5.02 Å². The summed E-state index contributed by atoms with van der Waals surface area (Å²) in [6, 6.07) is 3.90. The summed E-state index contributed by atoms with van der Waals surface area (Å²) < 4.78 is 37.5. The lowest BCUT2D eigenvalue weighted by Crippen LogP contribution is -2.36. The Balaban J connectivity index is 2.17. The Morgan fingerprint density at radius 3 is 2.60 bits per heavy atom. The van der Waals surface area contributed by atoms with Crippen LogP contribution in [0.5, 0.6) is 5.75 Å². The van der Waals surface area contributed by atoms with Crippen LogP contribution in [0.1, 0.15) is 16.8 Å². The quantitative estimate of drug-likeness (QED) is 0.808. The molecule has 0 spiro atoms. The number of carbonyl (C=O) groups is 1. The molecule has 0 radical (unpaired) electrons. The summed E-state index contributed by atoms with van der Waals surface area (Å²) in [5.41, 5.74) is -0.543. The lowest BCUT2D eigenvalue weighted by Gasteiger charge is -2.27. The van der Waals surface area contributed by atoms with Gasteiger partial charge in [0, 0.05) is 18.7 Å². The number of benzene rings is 1. The van der Waals surface area contributed by atoms with Gasteiger partial charge in [0.15, 0.2) is 0 Å². The molecule has 2 rings (SSSR count). The van der Waals surface area contributed by atoms with E-state index in [1.54, 1.807) is 0 Å². The SMILES string of the molecule is O=C(c1cc(O)ccc1Cl)N1CC=C(C(F)(F)F)CC1. The number of alkyl halides is 3. The molecule has 0 fully saturated rings.